The van der Waals surface area contributed by atoms with Crippen LogP contribution in [0.4, 0.5) is 0 Å². The lowest BCUT2D eigenvalue weighted by molar-refractivity contribution is 0.0690. The molecule has 4 heteroatoms. The molecule has 0 radical (unpaired) electrons. The summed E-state index contributed by atoms with van der Waals surface area (Å²) in [6, 6.07) is 4.71. The SMILES string of the molecule is CCc1cc(CC)c2c(c1)[C@@H]1CNCCN1C2=O.Cl. The number of benzene rings is 1. The van der Waals surface area contributed by atoms with E-state index in [9.17, 15) is 4.79 Å². The molecule has 1 fully saturated rings. The molecule has 1 amide bonds. The van der Waals surface area contributed by atoms with Crippen LogP contribution in [0, 0.1) is 0 Å². The normalized spacial score (nSPS) is 20.8. The number of hydrogen-bond acceptors (Lipinski definition) is 2. The van der Waals surface area contributed by atoms with Gasteiger partial charge in [0.2, 0.25) is 0 Å². The number of halogens is 1. The van der Waals surface area contributed by atoms with E-state index in [0.29, 0.717) is 0 Å². The van der Waals surface area contributed by atoms with E-state index < -0.39 is 0 Å². The molecule has 0 unspecified atom stereocenters. The van der Waals surface area contributed by atoms with E-state index in [1.54, 1.807) is 0 Å². The van der Waals surface area contributed by atoms with Crippen LogP contribution in [0.1, 0.15) is 46.9 Å². The van der Waals surface area contributed by atoms with Gasteiger partial charge in [0.05, 0.1) is 6.04 Å². The summed E-state index contributed by atoms with van der Waals surface area (Å²) in [5.41, 5.74) is 4.82. The largest absolute Gasteiger partial charge is 0.329 e. The second kappa shape index (κ2) is 5.51. The minimum Gasteiger partial charge on any atom is -0.329 e. The quantitative estimate of drug-likeness (QED) is 0.902. The smallest absolute Gasteiger partial charge is 0.255 e. The summed E-state index contributed by atoms with van der Waals surface area (Å²) in [6.45, 7) is 6.96. The van der Waals surface area contributed by atoms with Crippen LogP contribution in [0.25, 0.3) is 0 Å². The summed E-state index contributed by atoms with van der Waals surface area (Å²) in [5.74, 6) is 0.246. The van der Waals surface area contributed by atoms with Crippen molar-refractivity contribution < 1.29 is 4.79 Å². The standard InChI is InChI=1S/C15H20N2O.ClH/c1-3-10-7-11(4-2)14-12(8-10)13-9-16-5-6-17(13)15(14)18;/h7-8,13,16H,3-6,9H2,1-2H3;1H/t13-;/m0./s1. The van der Waals surface area contributed by atoms with Crippen molar-refractivity contribution in [2.24, 2.45) is 0 Å². The third kappa shape index (κ3) is 2.15. The Morgan fingerprint density at radius 1 is 1.32 bits per heavy atom. The van der Waals surface area contributed by atoms with Gasteiger partial charge < -0.3 is 10.2 Å². The van der Waals surface area contributed by atoms with E-state index in [4.69, 9.17) is 0 Å². The fourth-order valence-electron chi connectivity index (χ4n) is 3.17. The predicted molar refractivity (Wildman–Crippen MR) is 79.1 cm³/mol. The van der Waals surface area contributed by atoms with Gasteiger partial charge in [-0.05, 0) is 29.5 Å². The van der Waals surface area contributed by atoms with Gasteiger partial charge in [0.1, 0.15) is 0 Å². The van der Waals surface area contributed by atoms with Crippen LogP contribution in [0.2, 0.25) is 0 Å². The maximum Gasteiger partial charge on any atom is 0.255 e. The summed E-state index contributed by atoms with van der Waals surface area (Å²) in [4.78, 5) is 14.5. The van der Waals surface area contributed by atoms with Gasteiger partial charge in [-0.1, -0.05) is 26.0 Å². The fraction of sp³-hybridized carbons (Fsp3) is 0.533. The molecular weight excluding hydrogens is 260 g/mol. The Kier molecular flexibility index (Phi) is 4.16. The molecule has 3 rings (SSSR count). The Morgan fingerprint density at radius 2 is 2.11 bits per heavy atom. The van der Waals surface area contributed by atoms with Crippen LogP contribution in [0.3, 0.4) is 0 Å². The number of hydrogen-bond donors (Lipinski definition) is 1. The van der Waals surface area contributed by atoms with E-state index >= 15 is 0 Å². The summed E-state index contributed by atoms with van der Waals surface area (Å²) < 4.78 is 0. The van der Waals surface area contributed by atoms with Gasteiger partial charge in [-0.15, -0.1) is 12.4 Å². The third-order valence-electron chi connectivity index (χ3n) is 4.18. The van der Waals surface area contributed by atoms with Crippen molar-refractivity contribution in [2.75, 3.05) is 19.6 Å². The number of piperazine rings is 1. The number of rotatable bonds is 2. The Balaban J connectivity index is 0.00000133. The molecule has 0 aromatic heterocycles. The van der Waals surface area contributed by atoms with Gasteiger partial charge in [-0.3, -0.25) is 4.79 Å². The van der Waals surface area contributed by atoms with Crippen LogP contribution in [0.5, 0.6) is 0 Å². The van der Waals surface area contributed by atoms with Crippen molar-refractivity contribution in [3.8, 4) is 0 Å². The maximum absolute atomic E-state index is 12.5. The number of nitrogens with zero attached hydrogens (tertiary/aromatic N) is 1. The average molecular weight is 281 g/mol. The van der Waals surface area contributed by atoms with Crippen LogP contribution in [-0.4, -0.2) is 30.4 Å². The molecule has 0 saturated carbocycles. The Bertz CT molecular complexity index is 501. The second-order valence-electron chi connectivity index (χ2n) is 5.14. The molecule has 19 heavy (non-hydrogen) atoms. The van der Waals surface area contributed by atoms with Crippen LogP contribution < -0.4 is 5.32 Å². The van der Waals surface area contributed by atoms with Crippen molar-refractivity contribution in [2.45, 2.75) is 32.7 Å². The lowest BCUT2D eigenvalue weighted by Gasteiger charge is -2.30. The van der Waals surface area contributed by atoms with Crippen molar-refractivity contribution >= 4 is 18.3 Å². The van der Waals surface area contributed by atoms with Crippen molar-refractivity contribution in [1.82, 2.24) is 10.2 Å². The molecule has 104 valence electrons. The van der Waals surface area contributed by atoms with E-state index in [0.717, 1.165) is 38.0 Å². The van der Waals surface area contributed by atoms with Crippen LogP contribution in [0.15, 0.2) is 12.1 Å². The lowest BCUT2D eigenvalue weighted by Crippen LogP contribution is -2.44. The Labute approximate surface area is 120 Å². The topological polar surface area (TPSA) is 32.3 Å². The third-order valence-corrected chi connectivity index (χ3v) is 4.18. The molecule has 1 aromatic carbocycles. The molecular formula is C15H21ClN2O. The monoisotopic (exact) mass is 280 g/mol. The van der Waals surface area contributed by atoms with Crippen molar-refractivity contribution in [3.63, 3.8) is 0 Å². The first-order chi connectivity index (χ1) is 8.76. The molecule has 1 atom stereocenters. The lowest BCUT2D eigenvalue weighted by atomic mass is 9.94. The van der Waals surface area contributed by atoms with Gasteiger partial charge in [-0.25, -0.2) is 0 Å². The molecule has 0 spiro atoms. The van der Waals surface area contributed by atoms with Gasteiger partial charge in [0.25, 0.3) is 5.91 Å². The van der Waals surface area contributed by atoms with Crippen LogP contribution in [-0.2, 0) is 12.8 Å². The van der Waals surface area contributed by atoms with Crippen LogP contribution >= 0.6 is 12.4 Å². The molecule has 1 aromatic rings. The first kappa shape index (κ1) is 14.4. The zero-order valence-corrected chi connectivity index (χ0v) is 12.3. The predicted octanol–water partition coefficient (Wildman–Crippen LogP) is 2.33. The molecule has 2 aliphatic rings. The first-order valence-electron chi connectivity index (χ1n) is 6.93. The van der Waals surface area contributed by atoms with Gasteiger partial charge in [0, 0.05) is 25.2 Å². The van der Waals surface area contributed by atoms with Gasteiger partial charge >= 0.3 is 0 Å². The number of carbonyl (C=O) groups is 1. The highest BCUT2D eigenvalue weighted by atomic mass is 35.5. The number of amides is 1. The number of carbonyl (C=O) groups excluding carboxylic acids is 1. The molecule has 2 aliphatic heterocycles. The average Bonchev–Trinajstić information content (AvgIpc) is 2.72. The molecule has 1 N–H and O–H groups in total. The molecule has 1 saturated heterocycles. The van der Waals surface area contributed by atoms with Crippen molar-refractivity contribution in [3.05, 3.63) is 34.4 Å². The van der Waals surface area contributed by atoms with E-state index in [-0.39, 0.29) is 24.4 Å². The summed E-state index contributed by atoms with van der Waals surface area (Å²) in [5, 5.41) is 3.40. The molecule has 3 nitrogen and oxygen atoms in total. The first-order valence-corrected chi connectivity index (χ1v) is 6.93. The number of fused-ring (bicyclic) bond motifs is 3. The molecule has 0 aliphatic carbocycles. The van der Waals surface area contributed by atoms with E-state index in [2.05, 4.69) is 31.3 Å². The highest BCUT2D eigenvalue weighted by molar-refractivity contribution is 6.01. The Hall–Kier alpha value is -1.06. The van der Waals surface area contributed by atoms with E-state index in [1.165, 1.54) is 16.7 Å². The fourth-order valence-corrected chi connectivity index (χ4v) is 3.17. The minimum atomic E-state index is 0. The number of aryl methyl sites for hydroxylation is 2. The highest BCUT2D eigenvalue weighted by Crippen LogP contribution is 2.37. The summed E-state index contributed by atoms with van der Waals surface area (Å²) >= 11 is 0. The van der Waals surface area contributed by atoms with Gasteiger partial charge in [0.15, 0.2) is 0 Å². The zero-order chi connectivity index (χ0) is 12.7. The highest BCUT2D eigenvalue weighted by Gasteiger charge is 2.39. The summed E-state index contributed by atoms with van der Waals surface area (Å²) in [7, 11) is 0. The Morgan fingerprint density at radius 3 is 2.79 bits per heavy atom. The second-order valence-corrected chi connectivity index (χ2v) is 5.14. The van der Waals surface area contributed by atoms with E-state index in [1.807, 2.05) is 4.90 Å². The number of nitrogens with one attached hydrogen (secondary N) is 1. The molecule has 2 heterocycles. The maximum atomic E-state index is 12.5. The molecule has 0 bridgehead atoms. The minimum absolute atomic E-state index is 0. The summed E-state index contributed by atoms with van der Waals surface area (Å²) in [6.07, 6.45) is 1.98. The van der Waals surface area contributed by atoms with Crippen molar-refractivity contribution in [1.29, 1.82) is 0 Å². The zero-order valence-electron chi connectivity index (χ0n) is 11.5. The van der Waals surface area contributed by atoms with Gasteiger partial charge in [-0.2, -0.15) is 0 Å².